The largest absolute Gasteiger partial charge is 0.454 e. The summed E-state index contributed by atoms with van der Waals surface area (Å²) in [5, 5.41) is 5.07. The van der Waals surface area contributed by atoms with Gasteiger partial charge in [0.05, 0.1) is 11.4 Å². The third kappa shape index (κ3) is 3.37. The number of carbonyl (C=O) groups excluding carboxylic acids is 1. The minimum atomic E-state index is -0.214. The molecule has 0 radical (unpaired) electrons. The lowest BCUT2D eigenvalue weighted by Crippen LogP contribution is -2.26. The average Bonchev–Trinajstić information content (AvgIpc) is 3.49. The van der Waals surface area contributed by atoms with Gasteiger partial charge in [0, 0.05) is 16.3 Å². The van der Waals surface area contributed by atoms with Crippen molar-refractivity contribution in [2.75, 3.05) is 11.7 Å². The van der Waals surface area contributed by atoms with Gasteiger partial charge in [0.2, 0.25) is 6.79 Å². The summed E-state index contributed by atoms with van der Waals surface area (Å²) < 4.78 is 10.8. The van der Waals surface area contributed by atoms with E-state index in [1.54, 1.807) is 10.3 Å². The van der Waals surface area contributed by atoms with Crippen LogP contribution in [-0.4, -0.2) is 22.7 Å². The second-order valence-corrected chi connectivity index (χ2v) is 8.05. The van der Waals surface area contributed by atoms with Crippen molar-refractivity contribution in [1.82, 2.24) is 9.97 Å². The predicted octanol–water partition coefficient (Wildman–Crippen LogP) is 5.28. The maximum absolute atomic E-state index is 13.4. The molecule has 0 unspecified atom stereocenters. The molecule has 5 rings (SSSR count). The number of fused-ring (bicyclic) bond motifs is 1. The molecule has 6 nitrogen and oxygen atoms in total. The van der Waals surface area contributed by atoms with Gasteiger partial charge in [-0.05, 0) is 37.3 Å². The number of anilines is 2. The molecule has 0 bridgehead atoms. The summed E-state index contributed by atoms with van der Waals surface area (Å²) in [6.07, 6.45) is 0. The Balaban J connectivity index is 1.50. The van der Waals surface area contributed by atoms with Gasteiger partial charge in [-0.15, -0.1) is 22.7 Å². The van der Waals surface area contributed by atoms with Crippen LogP contribution in [0.2, 0.25) is 0 Å². The van der Waals surface area contributed by atoms with Crippen LogP contribution in [0.25, 0.3) is 10.6 Å². The number of aromatic nitrogens is 2. The predicted molar refractivity (Wildman–Crippen MR) is 113 cm³/mol. The fourth-order valence-corrected chi connectivity index (χ4v) is 4.59. The van der Waals surface area contributed by atoms with Crippen LogP contribution >= 0.6 is 22.7 Å². The molecule has 0 aliphatic carbocycles. The zero-order valence-corrected chi connectivity index (χ0v) is 17.0. The second kappa shape index (κ2) is 7.31. The Bertz CT molecular complexity index is 1190. The van der Waals surface area contributed by atoms with E-state index in [1.165, 1.54) is 22.7 Å². The Morgan fingerprint density at radius 2 is 1.83 bits per heavy atom. The van der Waals surface area contributed by atoms with Crippen LogP contribution in [0.15, 0.2) is 59.3 Å². The number of benzene rings is 2. The van der Waals surface area contributed by atoms with Gasteiger partial charge in [-0.25, -0.2) is 9.97 Å². The number of hydrogen-bond donors (Lipinski definition) is 0. The molecule has 3 heterocycles. The summed E-state index contributed by atoms with van der Waals surface area (Å²) in [6.45, 7) is 2.13. The Labute approximate surface area is 175 Å². The van der Waals surface area contributed by atoms with E-state index in [2.05, 4.69) is 9.97 Å². The van der Waals surface area contributed by atoms with E-state index in [9.17, 15) is 4.79 Å². The third-order valence-corrected chi connectivity index (χ3v) is 6.19. The SMILES string of the molecule is Cc1csc(N(C(=O)c2csc(-c3ccc4c(c3)OCO4)n2)c2ccccc2)n1. The molecular formula is C21H15N3O3S2. The fourth-order valence-electron chi connectivity index (χ4n) is 2.98. The molecule has 1 aliphatic heterocycles. The smallest absolute Gasteiger partial charge is 0.284 e. The fraction of sp³-hybridized carbons (Fsp3) is 0.0952. The molecule has 0 saturated heterocycles. The molecule has 8 heteroatoms. The van der Waals surface area contributed by atoms with Crippen molar-refractivity contribution in [3.8, 4) is 22.1 Å². The van der Waals surface area contributed by atoms with Gasteiger partial charge >= 0.3 is 0 Å². The summed E-state index contributed by atoms with van der Waals surface area (Å²) >= 11 is 2.85. The van der Waals surface area contributed by atoms with Crippen molar-refractivity contribution in [2.24, 2.45) is 0 Å². The van der Waals surface area contributed by atoms with Crippen molar-refractivity contribution in [3.63, 3.8) is 0 Å². The lowest BCUT2D eigenvalue weighted by molar-refractivity contribution is 0.0995. The number of carbonyl (C=O) groups is 1. The molecule has 0 N–H and O–H groups in total. The quantitative estimate of drug-likeness (QED) is 0.448. The number of ether oxygens (including phenoxy) is 2. The van der Waals surface area contributed by atoms with Gasteiger partial charge in [0.25, 0.3) is 5.91 Å². The van der Waals surface area contributed by atoms with Crippen molar-refractivity contribution in [2.45, 2.75) is 6.92 Å². The molecule has 0 fully saturated rings. The first kappa shape index (κ1) is 17.8. The van der Waals surface area contributed by atoms with Gasteiger partial charge in [-0.1, -0.05) is 18.2 Å². The van der Waals surface area contributed by atoms with Crippen LogP contribution < -0.4 is 14.4 Å². The highest BCUT2D eigenvalue weighted by Gasteiger charge is 2.25. The van der Waals surface area contributed by atoms with Crippen molar-refractivity contribution < 1.29 is 14.3 Å². The minimum Gasteiger partial charge on any atom is -0.454 e. The molecule has 2 aromatic carbocycles. The lowest BCUT2D eigenvalue weighted by atomic mass is 10.2. The number of para-hydroxylation sites is 1. The van der Waals surface area contributed by atoms with Gasteiger partial charge in [-0.2, -0.15) is 0 Å². The highest BCUT2D eigenvalue weighted by molar-refractivity contribution is 7.14. The van der Waals surface area contributed by atoms with Gasteiger partial charge in [0.15, 0.2) is 16.6 Å². The Kier molecular flexibility index (Phi) is 4.49. The molecule has 0 atom stereocenters. The third-order valence-electron chi connectivity index (χ3n) is 4.36. The number of nitrogens with zero attached hydrogens (tertiary/aromatic N) is 3. The van der Waals surface area contributed by atoms with Crippen LogP contribution in [0.5, 0.6) is 11.5 Å². The highest BCUT2D eigenvalue weighted by atomic mass is 32.1. The van der Waals surface area contributed by atoms with Crippen LogP contribution in [0.3, 0.4) is 0 Å². The molecule has 29 heavy (non-hydrogen) atoms. The van der Waals surface area contributed by atoms with E-state index in [-0.39, 0.29) is 12.7 Å². The van der Waals surface area contributed by atoms with Gasteiger partial charge in [-0.3, -0.25) is 9.69 Å². The molecule has 0 saturated carbocycles. The summed E-state index contributed by atoms with van der Waals surface area (Å²) in [5.74, 6) is 1.19. The van der Waals surface area contributed by atoms with Gasteiger partial charge in [0.1, 0.15) is 10.7 Å². The maximum atomic E-state index is 13.4. The zero-order chi connectivity index (χ0) is 19.8. The van der Waals surface area contributed by atoms with E-state index in [4.69, 9.17) is 9.47 Å². The van der Waals surface area contributed by atoms with E-state index < -0.39 is 0 Å². The topological polar surface area (TPSA) is 64.6 Å². The zero-order valence-electron chi connectivity index (χ0n) is 15.4. The molecule has 1 aliphatic rings. The average molecular weight is 422 g/mol. The normalized spacial score (nSPS) is 12.2. The van der Waals surface area contributed by atoms with E-state index >= 15 is 0 Å². The molecule has 2 aromatic heterocycles. The first-order valence-electron chi connectivity index (χ1n) is 8.86. The summed E-state index contributed by atoms with van der Waals surface area (Å²) in [5.41, 5.74) is 2.89. The second-order valence-electron chi connectivity index (χ2n) is 6.35. The van der Waals surface area contributed by atoms with Gasteiger partial charge < -0.3 is 9.47 Å². The molecule has 4 aromatic rings. The highest BCUT2D eigenvalue weighted by Crippen LogP contribution is 2.37. The van der Waals surface area contributed by atoms with Crippen LogP contribution in [0.4, 0.5) is 10.8 Å². The summed E-state index contributed by atoms with van der Waals surface area (Å²) in [7, 11) is 0. The molecular weight excluding hydrogens is 406 g/mol. The van der Waals surface area contributed by atoms with Crippen molar-refractivity contribution in [1.29, 1.82) is 0 Å². The van der Waals surface area contributed by atoms with E-state index in [0.29, 0.717) is 16.6 Å². The van der Waals surface area contributed by atoms with E-state index in [0.717, 1.165) is 27.7 Å². The first-order chi connectivity index (χ1) is 14.2. The van der Waals surface area contributed by atoms with E-state index in [1.807, 2.05) is 60.8 Å². The number of aryl methyl sites for hydroxylation is 1. The van der Waals surface area contributed by atoms with Crippen molar-refractivity contribution in [3.05, 3.63) is 70.7 Å². The first-order valence-corrected chi connectivity index (χ1v) is 10.6. The Morgan fingerprint density at radius 3 is 2.62 bits per heavy atom. The minimum absolute atomic E-state index is 0.214. The molecule has 1 amide bonds. The Morgan fingerprint density at radius 1 is 1.00 bits per heavy atom. The monoisotopic (exact) mass is 421 g/mol. The Hall–Kier alpha value is -3.23. The number of rotatable bonds is 4. The maximum Gasteiger partial charge on any atom is 0.284 e. The standard InChI is InChI=1S/C21H15N3O3S2/c1-13-10-29-21(22-13)24(15-5-3-2-4-6-15)20(25)16-11-28-19(23-16)14-7-8-17-18(9-14)27-12-26-17/h2-11H,12H2,1H3. The van der Waals surface area contributed by atoms with Crippen LogP contribution in [-0.2, 0) is 0 Å². The van der Waals surface area contributed by atoms with Crippen molar-refractivity contribution >= 4 is 39.4 Å². The van der Waals surface area contributed by atoms with Crippen LogP contribution in [0, 0.1) is 6.92 Å². The molecule has 144 valence electrons. The lowest BCUT2D eigenvalue weighted by Gasteiger charge is -2.18. The summed E-state index contributed by atoms with van der Waals surface area (Å²) in [6, 6.07) is 15.1. The number of thiazole rings is 2. The summed E-state index contributed by atoms with van der Waals surface area (Å²) in [4.78, 5) is 24.1. The van der Waals surface area contributed by atoms with Crippen LogP contribution in [0.1, 0.15) is 16.2 Å². The number of amides is 1. The molecule has 0 spiro atoms. The number of hydrogen-bond acceptors (Lipinski definition) is 7.